The molecule has 1 aromatic rings. The highest BCUT2D eigenvalue weighted by molar-refractivity contribution is 5.72. The van der Waals surface area contributed by atoms with E-state index in [4.69, 9.17) is 4.74 Å². The lowest BCUT2D eigenvalue weighted by atomic mass is 9.79. The van der Waals surface area contributed by atoms with Crippen LogP contribution < -0.4 is 4.74 Å². The molecule has 0 aliphatic heterocycles. The van der Waals surface area contributed by atoms with E-state index in [0.717, 1.165) is 12.3 Å². The number of ether oxygens (including phenoxy) is 1. The van der Waals surface area contributed by atoms with Gasteiger partial charge in [-0.3, -0.25) is 4.79 Å². The number of hydrogen-bond acceptors (Lipinski definition) is 2. The van der Waals surface area contributed by atoms with Gasteiger partial charge in [0.1, 0.15) is 5.75 Å². The van der Waals surface area contributed by atoms with Gasteiger partial charge in [0.05, 0.1) is 0 Å². The molecule has 0 bridgehead atoms. The van der Waals surface area contributed by atoms with E-state index in [-0.39, 0.29) is 5.97 Å². The summed E-state index contributed by atoms with van der Waals surface area (Å²) in [6.45, 7) is 4.52. The Balaban J connectivity index is 1.77. The second-order valence-corrected chi connectivity index (χ2v) is 8.08. The average Bonchev–Trinajstić information content (AvgIpc) is 2.70. The van der Waals surface area contributed by atoms with E-state index in [1.54, 1.807) is 5.57 Å². The molecule has 0 saturated heterocycles. The van der Waals surface area contributed by atoms with Crippen LogP contribution in [0.15, 0.2) is 42.0 Å². The molecule has 150 valence electrons. The van der Waals surface area contributed by atoms with Gasteiger partial charge in [0, 0.05) is 6.42 Å². The molecule has 1 aromatic carbocycles. The fraction of sp³-hybridized carbons (Fsp3) is 0.640. The van der Waals surface area contributed by atoms with Crippen molar-refractivity contribution in [1.29, 1.82) is 0 Å². The van der Waals surface area contributed by atoms with Gasteiger partial charge in [-0.2, -0.15) is 0 Å². The first-order valence-electron chi connectivity index (χ1n) is 11.2. The lowest BCUT2D eigenvalue weighted by Crippen LogP contribution is -2.15. The van der Waals surface area contributed by atoms with Gasteiger partial charge in [-0.1, -0.05) is 82.2 Å². The van der Waals surface area contributed by atoms with Crippen molar-refractivity contribution in [2.75, 3.05) is 0 Å². The molecule has 0 aromatic heterocycles. The Morgan fingerprint density at radius 3 is 2.56 bits per heavy atom. The highest BCUT2D eigenvalue weighted by atomic mass is 16.5. The third-order valence-corrected chi connectivity index (χ3v) is 5.85. The molecular formula is C25H38O2. The van der Waals surface area contributed by atoms with E-state index in [0.29, 0.717) is 18.1 Å². The quantitative estimate of drug-likeness (QED) is 0.165. The zero-order valence-electron chi connectivity index (χ0n) is 17.4. The molecule has 0 fully saturated rings. The molecule has 27 heavy (non-hydrogen) atoms. The lowest BCUT2D eigenvalue weighted by Gasteiger charge is -2.27. The first-order valence-corrected chi connectivity index (χ1v) is 11.2. The lowest BCUT2D eigenvalue weighted by molar-refractivity contribution is -0.134. The predicted molar refractivity (Wildman–Crippen MR) is 114 cm³/mol. The largest absolute Gasteiger partial charge is 0.427 e. The molecule has 0 saturated carbocycles. The van der Waals surface area contributed by atoms with Crippen molar-refractivity contribution in [3.05, 3.63) is 42.0 Å². The molecule has 0 amide bonds. The molecule has 0 radical (unpaired) electrons. The van der Waals surface area contributed by atoms with Crippen LogP contribution in [-0.4, -0.2) is 5.97 Å². The number of esters is 1. The van der Waals surface area contributed by atoms with E-state index >= 15 is 0 Å². The number of para-hydroxylation sites is 1. The van der Waals surface area contributed by atoms with Crippen molar-refractivity contribution in [3.8, 4) is 5.75 Å². The topological polar surface area (TPSA) is 26.3 Å². The van der Waals surface area contributed by atoms with Crippen molar-refractivity contribution in [3.63, 3.8) is 0 Å². The molecule has 1 aliphatic rings. The molecule has 2 unspecified atom stereocenters. The standard InChI is InChI=1S/C25H38O2/c1-3-5-6-8-12-21-15-17-23(18-16-21)22(11-4-2)19-20-25(26)27-24-13-9-7-10-14-24/h7,9-10,13-14,17,21-22H,3-6,8,11-12,15-16,18-20H2,1-2H3. The highest BCUT2D eigenvalue weighted by Gasteiger charge is 2.21. The van der Waals surface area contributed by atoms with E-state index in [9.17, 15) is 4.79 Å². The van der Waals surface area contributed by atoms with E-state index in [2.05, 4.69) is 19.9 Å². The van der Waals surface area contributed by atoms with Crippen LogP contribution in [0.3, 0.4) is 0 Å². The van der Waals surface area contributed by atoms with Crippen LogP contribution >= 0.6 is 0 Å². The van der Waals surface area contributed by atoms with Gasteiger partial charge in [-0.05, 0) is 56.1 Å². The van der Waals surface area contributed by atoms with Crippen molar-refractivity contribution in [1.82, 2.24) is 0 Å². The first kappa shape index (κ1) is 21.7. The van der Waals surface area contributed by atoms with Gasteiger partial charge in [-0.25, -0.2) is 0 Å². The van der Waals surface area contributed by atoms with Gasteiger partial charge in [0.25, 0.3) is 0 Å². The molecule has 2 rings (SSSR count). The van der Waals surface area contributed by atoms with Crippen LogP contribution in [0.2, 0.25) is 0 Å². The number of carbonyl (C=O) groups excluding carboxylic acids is 1. The summed E-state index contributed by atoms with van der Waals surface area (Å²) in [6.07, 6.45) is 17.0. The van der Waals surface area contributed by atoms with E-state index in [1.807, 2.05) is 30.3 Å². The van der Waals surface area contributed by atoms with Crippen LogP contribution in [-0.2, 0) is 4.79 Å². The van der Waals surface area contributed by atoms with Crippen LogP contribution in [0.4, 0.5) is 0 Å². The summed E-state index contributed by atoms with van der Waals surface area (Å²) in [7, 11) is 0. The van der Waals surface area contributed by atoms with Gasteiger partial charge < -0.3 is 4.74 Å². The Hall–Kier alpha value is -1.57. The number of hydrogen-bond donors (Lipinski definition) is 0. The highest BCUT2D eigenvalue weighted by Crippen LogP contribution is 2.35. The zero-order chi connectivity index (χ0) is 19.3. The predicted octanol–water partition coefficient (Wildman–Crippen LogP) is 7.49. The van der Waals surface area contributed by atoms with Crippen molar-refractivity contribution in [2.45, 2.75) is 90.9 Å². The normalized spacial score (nSPS) is 18.0. The Morgan fingerprint density at radius 1 is 1.07 bits per heavy atom. The summed E-state index contributed by atoms with van der Waals surface area (Å²) in [5.41, 5.74) is 1.61. The monoisotopic (exact) mass is 370 g/mol. The molecule has 0 spiro atoms. The molecule has 0 N–H and O–H groups in total. The Morgan fingerprint density at radius 2 is 1.89 bits per heavy atom. The summed E-state index contributed by atoms with van der Waals surface area (Å²) in [5, 5.41) is 0. The van der Waals surface area contributed by atoms with Crippen molar-refractivity contribution < 1.29 is 9.53 Å². The Bertz CT molecular complexity index is 561. The first-order chi connectivity index (χ1) is 13.2. The molecule has 2 heteroatoms. The molecule has 1 aliphatic carbocycles. The smallest absolute Gasteiger partial charge is 0.311 e. The number of carbonyl (C=O) groups is 1. The minimum atomic E-state index is -0.104. The molecule has 2 atom stereocenters. The minimum Gasteiger partial charge on any atom is -0.427 e. The van der Waals surface area contributed by atoms with E-state index in [1.165, 1.54) is 64.2 Å². The Labute approximate surface area is 166 Å². The number of rotatable bonds is 12. The number of unbranched alkanes of at least 4 members (excludes halogenated alkanes) is 3. The zero-order valence-corrected chi connectivity index (χ0v) is 17.4. The van der Waals surface area contributed by atoms with Crippen molar-refractivity contribution in [2.24, 2.45) is 11.8 Å². The van der Waals surface area contributed by atoms with Crippen molar-refractivity contribution >= 4 is 5.97 Å². The fourth-order valence-corrected chi connectivity index (χ4v) is 4.23. The second-order valence-electron chi connectivity index (χ2n) is 8.08. The maximum Gasteiger partial charge on any atom is 0.311 e. The summed E-state index contributed by atoms with van der Waals surface area (Å²) < 4.78 is 5.45. The van der Waals surface area contributed by atoms with Crippen LogP contribution in [0.25, 0.3) is 0 Å². The average molecular weight is 371 g/mol. The van der Waals surface area contributed by atoms with Gasteiger partial charge >= 0.3 is 5.97 Å². The van der Waals surface area contributed by atoms with Crippen LogP contribution in [0, 0.1) is 11.8 Å². The molecule has 0 heterocycles. The maximum atomic E-state index is 12.2. The van der Waals surface area contributed by atoms with Gasteiger partial charge in [0.2, 0.25) is 0 Å². The summed E-state index contributed by atoms with van der Waals surface area (Å²) in [4.78, 5) is 12.2. The maximum absolute atomic E-state index is 12.2. The van der Waals surface area contributed by atoms with Gasteiger partial charge in [-0.15, -0.1) is 0 Å². The number of allylic oxidation sites excluding steroid dienone is 2. The molecular weight excluding hydrogens is 332 g/mol. The van der Waals surface area contributed by atoms with Crippen LogP contribution in [0.5, 0.6) is 5.75 Å². The van der Waals surface area contributed by atoms with Gasteiger partial charge in [0.15, 0.2) is 0 Å². The summed E-state index contributed by atoms with van der Waals surface area (Å²) in [6, 6.07) is 9.40. The second kappa shape index (κ2) is 12.8. The van der Waals surface area contributed by atoms with E-state index < -0.39 is 0 Å². The number of benzene rings is 1. The third kappa shape index (κ3) is 8.32. The molecule has 2 nitrogen and oxygen atoms in total. The summed E-state index contributed by atoms with van der Waals surface area (Å²) in [5.74, 6) is 1.99. The third-order valence-electron chi connectivity index (χ3n) is 5.85. The van der Waals surface area contributed by atoms with Crippen LogP contribution in [0.1, 0.15) is 90.9 Å². The minimum absolute atomic E-state index is 0.104. The Kier molecular flexibility index (Phi) is 10.3. The summed E-state index contributed by atoms with van der Waals surface area (Å²) >= 11 is 0. The SMILES string of the molecule is CCCCCCC1CC=C(C(CCC)CCC(=O)Oc2ccccc2)CC1. The fourth-order valence-electron chi connectivity index (χ4n) is 4.23.